The average molecular weight is 471 g/mol. The van der Waals surface area contributed by atoms with Crippen LogP contribution in [-0.4, -0.2) is 21.8 Å². The Morgan fingerprint density at radius 2 is 1.90 bits per heavy atom. The topological polar surface area (TPSA) is 57.1 Å². The third kappa shape index (κ3) is 3.73. The summed E-state index contributed by atoms with van der Waals surface area (Å²) in [5.74, 6) is 0.759. The maximum Gasteiger partial charge on any atom is 0.276 e. The number of carbonyl (C=O) groups is 1. The summed E-state index contributed by atoms with van der Waals surface area (Å²) in [4.78, 5) is 18.2. The minimum absolute atomic E-state index is 0.139. The van der Waals surface area contributed by atoms with Crippen LogP contribution in [-0.2, 0) is 4.79 Å². The quantitative estimate of drug-likeness (QED) is 0.744. The second-order valence-corrected chi connectivity index (χ2v) is 9.38. The van der Waals surface area contributed by atoms with Crippen molar-refractivity contribution >= 4 is 44.5 Å². The van der Waals surface area contributed by atoms with Crippen molar-refractivity contribution in [3.63, 3.8) is 0 Å². The van der Waals surface area contributed by atoms with E-state index in [-0.39, 0.29) is 12.1 Å². The number of nitrogens with one attached hydrogen (secondary N) is 1. The van der Waals surface area contributed by atoms with E-state index in [1.54, 1.807) is 16.8 Å². The van der Waals surface area contributed by atoms with E-state index in [2.05, 4.69) is 61.1 Å². The van der Waals surface area contributed by atoms with Gasteiger partial charge in [0.15, 0.2) is 11.3 Å². The van der Waals surface area contributed by atoms with Gasteiger partial charge in [0.05, 0.1) is 5.36 Å². The van der Waals surface area contributed by atoms with Crippen molar-refractivity contribution in [2.45, 2.75) is 40.3 Å². The van der Waals surface area contributed by atoms with E-state index in [0.29, 0.717) is 10.9 Å². The number of hydrogen-bond donors (Lipinski definition) is 1. The number of hydrogen-bond acceptors (Lipinski definition) is 5. The van der Waals surface area contributed by atoms with E-state index in [4.69, 9.17) is 10.1 Å². The zero-order valence-electron chi connectivity index (χ0n) is 16.9. The molecule has 2 aliphatic heterocycles. The number of amides is 1. The van der Waals surface area contributed by atoms with Gasteiger partial charge >= 0.3 is 0 Å². The highest BCUT2D eigenvalue weighted by molar-refractivity contribution is 9.10. The minimum atomic E-state index is -0.373. The van der Waals surface area contributed by atoms with Crippen molar-refractivity contribution in [1.82, 2.24) is 10.3 Å². The molecule has 0 saturated carbocycles. The van der Waals surface area contributed by atoms with Gasteiger partial charge in [-0.15, -0.1) is 5.10 Å². The maximum absolute atomic E-state index is 13.1. The molecule has 5 nitrogen and oxygen atoms in total. The Labute approximate surface area is 183 Å². The average Bonchev–Trinajstić information content (AvgIpc) is 2.65. The number of nitrogens with zero attached hydrogens (tertiary/aromatic N) is 3. The molecule has 29 heavy (non-hydrogen) atoms. The van der Waals surface area contributed by atoms with Crippen LogP contribution in [0.15, 0.2) is 44.9 Å². The van der Waals surface area contributed by atoms with Crippen LogP contribution in [0.2, 0.25) is 0 Å². The van der Waals surface area contributed by atoms with Crippen LogP contribution in [0.1, 0.15) is 41.8 Å². The first-order chi connectivity index (χ1) is 13.9. The Balaban J connectivity index is 1.97. The normalized spacial score (nSPS) is 17.9. The number of carbonyl (C=O) groups excluding carboxylic acids is 1. The van der Waals surface area contributed by atoms with Crippen molar-refractivity contribution in [2.24, 2.45) is 10.1 Å². The molecule has 2 aromatic rings. The molecule has 0 spiro atoms. The molecule has 2 aromatic carbocycles. The van der Waals surface area contributed by atoms with Crippen LogP contribution in [0.5, 0.6) is 0 Å². The van der Waals surface area contributed by atoms with E-state index in [9.17, 15) is 4.79 Å². The number of amidine groups is 1. The van der Waals surface area contributed by atoms with Gasteiger partial charge in [0.1, 0.15) is 5.70 Å². The molecule has 150 valence electrons. The van der Waals surface area contributed by atoms with Crippen molar-refractivity contribution < 1.29 is 4.79 Å². The summed E-state index contributed by atoms with van der Waals surface area (Å²) < 4.78 is 0.906. The zero-order chi connectivity index (χ0) is 20.7. The van der Waals surface area contributed by atoms with Crippen LogP contribution in [0.3, 0.4) is 0 Å². The molecule has 0 radical (unpaired) electrons. The van der Waals surface area contributed by atoms with Crippen molar-refractivity contribution in [2.75, 3.05) is 5.75 Å². The summed E-state index contributed by atoms with van der Waals surface area (Å²) in [6.45, 7) is 8.41. The lowest BCUT2D eigenvalue weighted by Gasteiger charge is -2.35. The lowest BCUT2D eigenvalue weighted by atomic mass is 9.96. The lowest BCUT2D eigenvalue weighted by Crippen LogP contribution is -2.50. The Morgan fingerprint density at radius 1 is 1.17 bits per heavy atom. The molecule has 0 fully saturated rings. The first-order valence-electron chi connectivity index (χ1n) is 9.66. The van der Waals surface area contributed by atoms with Gasteiger partial charge in [-0.2, -0.15) is 0 Å². The zero-order valence-corrected chi connectivity index (χ0v) is 19.3. The standard InChI is InChI=1S/C22H23BrN4OS/c1-5-8-29-22-25-21(28)19-16-11-15(23)6-7-17(16)24-20(27(19)26-22)18-13(3)9-12(2)10-14(18)4/h6-7,9-11,20H,5,8H2,1-4H3,(H,25,26,28)/t20-/m0/s1. The van der Waals surface area contributed by atoms with E-state index < -0.39 is 0 Å². The lowest BCUT2D eigenvalue weighted by molar-refractivity contribution is -0.116. The van der Waals surface area contributed by atoms with E-state index in [1.165, 1.54) is 5.56 Å². The van der Waals surface area contributed by atoms with E-state index >= 15 is 0 Å². The van der Waals surface area contributed by atoms with Crippen LogP contribution in [0.4, 0.5) is 0 Å². The van der Waals surface area contributed by atoms with Gasteiger partial charge < -0.3 is 0 Å². The second kappa shape index (κ2) is 7.95. The van der Waals surface area contributed by atoms with E-state index in [0.717, 1.165) is 43.9 Å². The molecule has 2 heterocycles. The van der Waals surface area contributed by atoms with Crippen molar-refractivity contribution in [3.8, 4) is 0 Å². The number of aryl methyl sites for hydroxylation is 3. The van der Waals surface area contributed by atoms with E-state index in [1.807, 2.05) is 18.2 Å². The van der Waals surface area contributed by atoms with Gasteiger partial charge in [-0.25, -0.2) is 5.01 Å². The predicted octanol–water partition coefficient (Wildman–Crippen LogP) is 3.66. The summed E-state index contributed by atoms with van der Waals surface area (Å²) in [6.07, 6.45) is 0.637. The third-order valence-electron chi connectivity index (χ3n) is 5.01. The van der Waals surface area contributed by atoms with Crippen LogP contribution in [0, 0.1) is 20.8 Å². The molecular formula is C22H23BrN4OS. The van der Waals surface area contributed by atoms with Crippen LogP contribution < -0.4 is 15.9 Å². The fourth-order valence-electron chi connectivity index (χ4n) is 3.90. The molecule has 1 atom stereocenters. The maximum atomic E-state index is 13.1. The highest BCUT2D eigenvalue weighted by Gasteiger charge is 2.35. The summed E-state index contributed by atoms with van der Waals surface area (Å²) >= 11 is 5.08. The smallest absolute Gasteiger partial charge is 0.276 e. The van der Waals surface area contributed by atoms with Gasteiger partial charge in [0, 0.05) is 21.0 Å². The summed E-state index contributed by atoms with van der Waals surface area (Å²) in [7, 11) is 0. The molecule has 2 aliphatic rings. The Bertz CT molecular complexity index is 1130. The molecule has 4 rings (SSSR count). The number of benzene rings is 2. The van der Waals surface area contributed by atoms with Gasteiger partial charge in [0.2, 0.25) is 0 Å². The van der Waals surface area contributed by atoms with Crippen LogP contribution >= 0.6 is 27.7 Å². The molecule has 1 amide bonds. The Hall–Kier alpha value is -2.12. The molecule has 0 aliphatic carbocycles. The Morgan fingerprint density at radius 3 is 2.59 bits per heavy atom. The summed E-state index contributed by atoms with van der Waals surface area (Å²) in [6, 6.07) is 10.2. The summed E-state index contributed by atoms with van der Waals surface area (Å²) in [5, 5.41) is 11.8. The number of halogens is 1. The fourth-order valence-corrected chi connectivity index (χ4v) is 4.97. The Kier molecular flexibility index (Phi) is 5.53. The predicted molar refractivity (Wildman–Crippen MR) is 122 cm³/mol. The fraction of sp³-hybridized carbons (Fsp3) is 0.318. The van der Waals surface area contributed by atoms with Gasteiger partial charge in [0.25, 0.3) is 5.91 Å². The number of rotatable bonds is 3. The molecule has 0 saturated heterocycles. The van der Waals surface area contributed by atoms with Gasteiger partial charge in [-0.05, 0) is 56.5 Å². The molecule has 0 unspecified atom stereocenters. The largest absolute Gasteiger partial charge is 0.298 e. The number of thioether (sulfide) groups is 1. The van der Waals surface area contributed by atoms with Crippen molar-refractivity contribution in [1.29, 1.82) is 0 Å². The SMILES string of the molecule is CCCSC1=NN2C(=c3cc(Br)ccc3=N[C@@H]2c2c(C)cc(C)cc2C)C(=O)N1. The minimum Gasteiger partial charge on any atom is -0.298 e. The molecule has 0 bridgehead atoms. The second-order valence-electron chi connectivity index (χ2n) is 7.38. The number of hydrazone groups is 1. The van der Waals surface area contributed by atoms with Gasteiger partial charge in [-0.3, -0.25) is 15.1 Å². The highest BCUT2D eigenvalue weighted by atomic mass is 79.9. The monoisotopic (exact) mass is 470 g/mol. The first-order valence-corrected chi connectivity index (χ1v) is 11.4. The highest BCUT2D eigenvalue weighted by Crippen LogP contribution is 2.34. The molecular weight excluding hydrogens is 448 g/mol. The third-order valence-corrected chi connectivity index (χ3v) is 6.57. The van der Waals surface area contributed by atoms with Crippen LogP contribution in [0.25, 0.3) is 5.70 Å². The van der Waals surface area contributed by atoms with Gasteiger partial charge in [-0.1, -0.05) is 52.3 Å². The van der Waals surface area contributed by atoms with Crippen molar-refractivity contribution in [3.05, 3.63) is 67.6 Å². The number of fused-ring (bicyclic) bond motifs is 2. The molecule has 0 aromatic heterocycles. The summed E-state index contributed by atoms with van der Waals surface area (Å²) in [5.41, 5.74) is 5.16. The first kappa shape index (κ1) is 20.2. The molecule has 1 N–H and O–H groups in total. The molecule has 7 heteroatoms.